The van der Waals surface area contributed by atoms with Crippen LogP contribution in [0, 0.1) is 0 Å². The largest absolute Gasteiger partial charge is 0.322 e. The minimum absolute atomic E-state index is 0.139. The summed E-state index contributed by atoms with van der Waals surface area (Å²) in [6, 6.07) is 15.3. The van der Waals surface area contributed by atoms with Gasteiger partial charge in [-0.25, -0.2) is 0 Å². The Hall–Kier alpha value is -3.06. The fourth-order valence-corrected chi connectivity index (χ4v) is 3.50. The van der Waals surface area contributed by atoms with Crippen molar-refractivity contribution in [1.29, 1.82) is 0 Å². The topological polar surface area (TPSA) is 86.8 Å². The average molecular weight is 376 g/mol. The Balaban J connectivity index is 1.35. The molecule has 0 unspecified atom stereocenters. The van der Waals surface area contributed by atoms with E-state index in [-0.39, 0.29) is 5.91 Å². The zero-order chi connectivity index (χ0) is 19.2. The molecule has 1 amide bonds. The Morgan fingerprint density at radius 2 is 1.68 bits per heavy atom. The molecule has 7 nitrogen and oxygen atoms in total. The van der Waals surface area contributed by atoms with Crippen LogP contribution in [0.5, 0.6) is 0 Å². The SMILES string of the molecule is O=C(Nc1ccc(CN2CCCCCC2)cc1)c1ccc(-c2nn[nH]n2)cc1. The summed E-state index contributed by atoms with van der Waals surface area (Å²) in [5, 5.41) is 16.8. The molecule has 28 heavy (non-hydrogen) atoms. The standard InChI is InChI=1S/C21H24N6O/c28-21(18-9-7-17(8-10-18)20-23-25-26-24-20)22-19-11-5-16(6-12-19)15-27-13-3-1-2-4-14-27/h5-12H,1-4,13-15H2,(H,22,28)(H,23,24,25,26). The van der Waals surface area contributed by atoms with E-state index in [2.05, 4.69) is 43.0 Å². The molecular formula is C21H24N6O. The van der Waals surface area contributed by atoms with Crippen LogP contribution in [0.4, 0.5) is 5.69 Å². The van der Waals surface area contributed by atoms with E-state index in [1.807, 2.05) is 24.3 Å². The molecule has 1 saturated heterocycles. The number of carbonyl (C=O) groups excluding carboxylic acids is 1. The molecular weight excluding hydrogens is 352 g/mol. The van der Waals surface area contributed by atoms with E-state index in [1.165, 1.54) is 44.3 Å². The van der Waals surface area contributed by atoms with Crippen LogP contribution < -0.4 is 5.32 Å². The first-order chi connectivity index (χ1) is 13.8. The Morgan fingerprint density at radius 3 is 2.32 bits per heavy atom. The van der Waals surface area contributed by atoms with E-state index in [0.717, 1.165) is 17.8 Å². The zero-order valence-electron chi connectivity index (χ0n) is 15.8. The monoisotopic (exact) mass is 376 g/mol. The van der Waals surface area contributed by atoms with Gasteiger partial charge in [0, 0.05) is 23.4 Å². The average Bonchev–Trinajstić information content (AvgIpc) is 3.15. The van der Waals surface area contributed by atoms with Gasteiger partial charge in [-0.3, -0.25) is 9.69 Å². The molecule has 2 N–H and O–H groups in total. The summed E-state index contributed by atoms with van der Waals surface area (Å²) in [7, 11) is 0. The minimum atomic E-state index is -0.139. The maximum absolute atomic E-state index is 12.5. The number of likely N-dealkylation sites (tertiary alicyclic amines) is 1. The highest BCUT2D eigenvalue weighted by atomic mass is 16.1. The highest BCUT2D eigenvalue weighted by Crippen LogP contribution is 2.17. The van der Waals surface area contributed by atoms with Gasteiger partial charge in [0.15, 0.2) is 0 Å². The molecule has 1 aromatic heterocycles. The normalized spacial score (nSPS) is 15.1. The number of anilines is 1. The van der Waals surface area contributed by atoms with Crippen molar-refractivity contribution in [3.63, 3.8) is 0 Å². The number of aromatic amines is 1. The fourth-order valence-electron chi connectivity index (χ4n) is 3.50. The van der Waals surface area contributed by atoms with Crippen molar-refractivity contribution in [2.75, 3.05) is 18.4 Å². The number of tetrazole rings is 1. The third-order valence-electron chi connectivity index (χ3n) is 5.07. The smallest absolute Gasteiger partial charge is 0.255 e. The quantitative estimate of drug-likeness (QED) is 0.712. The third-order valence-corrected chi connectivity index (χ3v) is 5.07. The van der Waals surface area contributed by atoms with Gasteiger partial charge in [-0.05, 0) is 61.0 Å². The van der Waals surface area contributed by atoms with Gasteiger partial charge in [0.05, 0.1) is 0 Å². The molecule has 0 aliphatic carbocycles. The summed E-state index contributed by atoms with van der Waals surface area (Å²) in [5.41, 5.74) is 3.47. The van der Waals surface area contributed by atoms with E-state index in [0.29, 0.717) is 11.4 Å². The van der Waals surface area contributed by atoms with Crippen molar-refractivity contribution in [2.24, 2.45) is 0 Å². The molecule has 1 aliphatic rings. The predicted octanol–water partition coefficient (Wildman–Crippen LogP) is 3.50. The second kappa shape index (κ2) is 8.75. The van der Waals surface area contributed by atoms with Crippen molar-refractivity contribution in [1.82, 2.24) is 25.5 Å². The molecule has 0 radical (unpaired) electrons. The molecule has 2 aromatic carbocycles. The second-order valence-electron chi connectivity index (χ2n) is 7.15. The molecule has 0 saturated carbocycles. The van der Waals surface area contributed by atoms with E-state index in [9.17, 15) is 4.79 Å². The first-order valence-electron chi connectivity index (χ1n) is 9.74. The zero-order valence-corrected chi connectivity index (χ0v) is 15.8. The number of nitrogens with zero attached hydrogens (tertiary/aromatic N) is 4. The van der Waals surface area contributed by atoms with Crippen LogP contribution in [0.3, 0.4) is 0 Å². The molecule has 0 bridgehead atoms. The molecule has 3 aromatic rings. The van der Waals surface area contributed by atoms with Crippen molar-refractivity contribution in [2.45, 2.75) is 32.2 Å². The summed E-state index contributed by atoms with van der Waals surface area (Å²) >= 11 is 0. The highest BCUT2D eigenvalue weighted by molar-refractivity contribution is 6.04. The lowest BCUT2D eigenvalue weighted by Gasteiger charge is -2.19. The number of nitrogens with one attached hydrogen (secondary N) is 2. The summed E-state index contributed by atoms with van der Waals surface area (Å²) < 4.78 is 0. The lowest BCUT2D eigenvalue weighted by molar-refractivity contribution is 0.102. The van der Waals surface area contributed by atoms with E-state index >= 15 is 0 Å². The van der Waals surface area contributed by atoms with Gasteiger partial charge in [-0.1, -0.05) is 37.1 Å². The van der Waals surface area contributed by atoms with Crippen LogP contribution in [-0.4, -0.2) is 44.5 Å². The minimum Gasteiger partial charge on any atom is -0.322 e. The Kier molecular flexibility index (Phi) is 5.72. The number of hydrogen-bond acceptors (Lipinski definition) is 5. The maximum atomic E-state index is 12.5. The van der Waals surface area contributed by atoms with Gasteiger partial charge in [0.1, 0.15) is 0 Å². The predicted molar refractivity (Wildman–Crippen MR) is 108 cm³/mol. The van der Waals surface area contributed by atoms with Gasteiger partial charge in [0.2, 0.25) is 5.82 Å². The van der Waals surface area contributed by atoms with Gasteiger partial charge in [-0.2, -0.15) is 5.21 Å². The van der Waals surface area contributed by atoms with Crippen molar-refractivity contribution < 1.29 is 4.79 Å². The van der Waals surface area contributed by atoms with Gasteiger partial charge in [-0.15, -0.1) is 10.2 Å². The Bertz CT molecular complexity index is 882. The van der Waals surface area contributed by atoms with Crippen LogP contribution >= 0.6 is 0 Å². The molecule has 144 valence electrons. The molecule has 0 atom stereocenters. The number of aromatic nitrogens is 4. The Morgan fingerprint density at radius 1 is 0.964 bits per heavy atom. The van der Waals surface area contributed by atoms with Gasteiger partial charge in [0.25, 0.3) is 5.91 Å². The highest BCUT2D eigenvalue weighted by Gasteiger charge is 2.11. The molecule has 7 heteroatoms. The summed E-state index contributed by atoms with van der Waals surface area (Å²) in [5.74, 6) is 0.367. The summed E-state index contributed by atoms with van der Waals surface area (Å²) in [6.45, 7) is 3.34. The first-order valence-corrected chi connectivity index (χ1v) is 9.74. The van der Waals surface area contributed by atoms with Gasteiger partial charge >= 0.3 is 0 Å². The first kappa shape index (κ1) is 18.3. The van der Waals surface area contributed by atoms with E-state index < -0.39 is 0 Å². The van der Waals surface area contributed by atoms with Crippen molar-refractivity contribution in [3.05, 3.63) is 59.7 Å². The third kappa shape index (κ3) is 4.61. The number of amides is 1. The van der Waals surface area contributed by atoms with E-state index in [1.54, 1.807) is 12.1 Å². The van der Waals surface area contributed by atoms with Crippen LogP contribution in [-0.2, 0) is 6.54 Å². The lowest BCUT2D eigenvalue weighted by Crippen LogP contribution is -2.23. The Labute approximate surface area is 164 Å². The molecule has 4 rings (SSSR count). The summed E-state index contributed by atoms with van der Waals surface area (Å²) in [4.78, 5) is 15.0. The second-order valence-corrected chi connectivity index (χ2v) is 7.15. The van der Waals surface area contributed by atoms with Gasteiger partial charge < -0.3 is 5.32 Å². The molecule has 0 spiro atoms. The molecule has 1 aliphatic heterocycles. The number of H-pyrrole nitrogens is 1. The maximum Gasteiger partial charge on any atom is 0.255 e. The number of hydrogen-bond donors (Lipinski definition) is 2. The number of carbonyl (C=O) groups is 1. The number of benzene rings is 2. The fraction of sp³-hybridized carbons (Fsp3) is 0.333. The van der Waals surface area contributed by atoms with E-state index in [4.69, 9.17) is 0 Å². The molecule has 1 fully saturated rings. The van der Waals surface area contributed by atoms with Crippen molar-refractivity contribution >= 4 is 11.6 Å². The van der Waals surface area contributed by atoms with Crippen molar-refractivity contribution in [3.8, 4) is 11.4 Å². The van der Waals surface area contributed by atoms with Crippen LogP contribution in [0.25, 0.3) is 11.4 Å². The summed E-state index contributed by atoms with van der Waals surface area (Å²) in [6.07, 6.45) is 5.27. The molecule has 2 heterocycles. The number of rotatable bonds is 5. The lowest BCUT2D eigenvalue weighted by atomic mass is 10.1. The van der Waals surface area contributed by atoms with Crippen LogP contribution in [0.1, 0.15) is 41.6 Å². The van der Waals surface area contributed by atoms with Crippen LogP contribution in [0.2, 0.25) is 0 Å². The van der Waals surface area contributed by atoms with Crippen LogP contribution in [0.15, 0.2) is 48.5 Å².